The summed E-state index contributed by atoms with van der Waals surface area (Å²) in [6, 6.07) is 0. The van der Waals surface area contributed by atoms with Crippen molar-refractivity contribution in [1.82, 2.24) is 0 Å². The molecule has 2 heteroatoms. The van der Waals surface area contributed by atoms with E-state index in [9.17, 15) is 4.79 Å². The standard InChI is InChI=1S/C3H4OS/c4-2-1-3-5/h1,3H2. The van der Waals surface area contributed by atoms with E-state index in [0.717, 1.165) is 0 Å². The van der Waals surface area contributed by atoms with Crippen LogP contribution in [0.1, 0.15) is 6.42 Å². The van der Waals surface area contributed by atoms with E-state index in [-0.39, 0.29) is 0 Å². The van der Waals surface area contributed by atoms with Gasteiger partial charge in [-0.1, -0.05) is 12.6 Å². The van der Waals surface area contributed by atoms with Crippen molar-refractivity contribution in [2.75, 3.05) is 5.75 Å². The summed E-state index contributed by atoms with van der Waals surface area (Å²) < 4.78 is 0. The fourth-order valence-electron chi connectivity index (χ4n) is 0.0417. The van der Waals surface area contributed by atoms with Gasteiger partial charge in [0.2, 0.25) is 0 Å². The van der Waals surface area contributed by atoms with Gasteiger partial charge in [-0.3, -0.25) is 4.79 Å². The first-order valence-corrected chi connectivity index (χ1v) is 1.92. The van der Waals surface area contributed by atoms with Crippen LogP contribution in [0, 0.1) is 0 Å². The van der Waals surface area contributed by atoms with E-state index in [1.165, 1.54) is 0 Å². The Bertz CT molecular complexity index is 28.1. The van der Waals surface area contributed by atoms with Crippen LogP contribution in [-0.2, 0) is 4.79 Å². The van der Waals surface area contributed by atoms with Gasteiger partial charge in [-0.15, -0.1) is 0 Å². The Labute approximate surface area is 36.8 Å². The Hall–Kier alpha value is 0.0200. The van der Waals surface area contributed by atoms with E-state index in [2.05, 4.69) is 12.6 Å². The van der Waals surface area contributed by atoms with Gasteiger partial charge in [0.15, 0.2) is 6.29 Å². The fourth-order valence-corrected chi connectivity index (χ4v) is 0.125. The second-order valence-corrected chi connectivity index (χ2v) is 1.01. The minimum absolute atomic E-state index is 0.398. The first-order valence-electron chi connectivity index (χ1n) is 1.35. The van der Waals surface area contributed by atoms with Crippen LogP contribution in [0.4, 0.5) is 0 Å². The third-order valence-electron chi connectivity index (χ3n) is 0.204. The summed E-state index contributed by atoms with van der Waals surface area (Å²) in [6.07, 6.45) is 2.06. The van der Waals surface area contributed by atoms with Crippen molar-refractivity contribution in [3.63, 3.8) is 0 Å². The zero-order chi connectivity index (χ0) is 4.12. The van der Waals surface area contributed by atoms with Crippen LogP contribution in [0.5, 0.6) is 0 Å². The summed E-state index contributed by atoms with van der Waals surface area (Å²) >= 11 is 4.39. The van der Waals surface area contributed by atoms with Gasteiger partial charge in [-0.05, 0) is 0 Å². The van der Waals surface area contributed by atoms with Crippen LogP contribution in [0.15, 0.2) is 0 Å². The highest BCUT2D eigenvalue weighted by molar-refractivity contribution is 7.80. The molecular weight excluding hydrogens is 84.1 g/mol. The van der Waals surface area contributed by atoms with Crippen LogP contribution in [0.25, 0.3) is 0 Å². The maximum absolute atomic E-state index is 9.21. The van der Waals surface area contributed by atoms with Gasteiger partial charge in [-0.2, -0.15) is 0 Å². The average Bonchev–Trinajstić information content (AvgIpc) is 1.41. The van der Waals surface area contributed by atoms with Crippen LogP contribution in [0.3, 0.4) is 0 Å². The van der Waals surface area contributed by atoms with Gasteiger partial charge in [-0.25, -0.2) is 0 Å². The Morgan fingerprint density at radius 2 is 2.40 bits per heavy atom. The highest BCUT2D eigenvalue weighted by Gasteiger charge is 1.70. The molecule has 0 saturated carbocycles. The van der Waals surface area contributed by atoms with E-state index in [1.807, 2.05) is 0 Å². The topological polar surface area (TPSA) is 17.1 Å². The minimum Gasteiger partial charge on any atom is -0.291 e. The Balaban J connectivity index is 2.40. The van der Waals surface area contributed by atoms with Gasteiger partial charge in [0.25, 0.3) is 0 Å². The minimum atomic E-state index is 0.398. The van der Waals surface area contributed by atoms with Crippen molar-refractivity contribution in [1.29, 1.82) is 0 Å². The summed E-state index contributed by atoms with van der Waals surface area (Å²) in [5.74, 6) is 0.503. The quantitative estimate of drug-likeness (QED) is 0.485. The number of carbonyl (C=O) groups excluding carboxylic acids is 1. The molecule has 0 atom stereocenters. The van der Waals surface area contributed by atoms with E-state index in [1.54, 1.807) is 6.29 Å². The molecule has 0 bridgehead atoms. The van der Waals surface area contributed by atoms with E-state index in [0.29, 0.717) is 12.2 Å². The molecule has 0 rings (SSSR count). The molecule has 0 aromatic carbocycles. The molecule has 0 fully saturated rings. The molecule has 0 unspecified atom stereocenters. The van der Waals surface area contributed by atoms with E-state index in [4.69, 9.17) is 0 Å². The normalized spacial score (nSPS) is 7.40. The maximum atomic E-state index is 9.21. The maximum Gasteiger partial charge on any atom is 0.199 e. The second kappa shape index (κ2) is 4.02. The van der Waals surface area contributed by atoms with Crippen molar-refractivity contribution < 1.29 is 4.79 Å². The lowest BCUT2D eigenvalue weighted by Crippen LogP contribution is -1.70. The monoisotopic (exact) mass is 88.0 g/mol. The SMILES string of the molecule is O=[C]CC[S]. The molecule has 2 radical (unpaired) electrons. The van der Waals surface area contributed by atoms with Crippen molar-refractivity contribution in [2.45, 2.75) is 6.42 Å². The van der Waals surface area contributed by atoms with Crippen LogP contribution < -0.4 is 0 Å². The van der Waals surface area contributed by atoms with Gasteiger partial charge in [0, 0.05) is 12.2 Å². The van der Waals surface area contributed by atoms with Crippen molar-refractivity contribution in [3.8, 4) is 0 Å². The van der Waals surface area contributed by atoms with Crippen molar-refractivity contribution >= 4 is 18.9 Å². The molecule has 0 aliphatic rings. The Kier molecular flexibility index (Phi) is 4.04. The highest BCUT2D eigenvalue weighted by Crippen LogP contribution is 1.73. The van der Waals surface area contributed by atoms with Crippen LogP contribution in [-0.4, -0.2) is 12.0 Å². The third-order valence-corrected chi connectivity index (χ3v) is 0.408. The first kappa shape index (κ1) is 5.02. The summed E-state index contributed by atoms with van der Waals surface area (Å²) in [5.41, 5.74) is 0. The third kappa shape index (κ3) is 4.02. The number of hydrogen-bond acceptors (Lipinski definition) is 1. The molecule has 5 heavy (non-hydrogen) atoms. The van der Waals surface area contributed by atoms with Gasteiger partial charge < -0.3 is 0 Å². The summed E-state index contributed by atoms with van der Waals surface area (Å²) in [5, 5.41) is 0. The van der Waals surface area contributed by atoms with Crippen molar-refractivity contribution in [2.24, 2.45) is 0 Å². The molecule has 28 valence electrons. The average molecular weight is 88.1 g/mol. The Morgan fingerprint density at radius 1 is 1.80 bits per heavy atom. The van der Waals surface area contributed by atoms with Crippen molar-refractivity contribution in [3.05, 3.63) is 0 Å². The van der Waals surface area contributed by atoms with Crippen LogP contribution in [0.2, 0.25) is 0 Å². The predicted molar refractivity (Wildman–Crippen MR) is 22.8 cm³/mol. The second-order valence-electron chi connectivity index (χ2n) is 0.598. The van der Waals surface area contributed by atoms with Gasteiger partial charge in [0.05, 0.1) is 0 Å². The lowest BCUT2D eigenvalue weighted by atomic mass is 10.6. The van der Waals surface area contributed by atoms with Gasteiger partial charge >= 0.3 is 0 Å². The molecule has 0 heterocycles. The molecule has 1 nitrogen and oxygen atoms in total. The molecular formula is C3H4OS. The van der Waals surface area contributed by atoms with E-state index < -0.39 is 0 Å². The summed E-state index contributed by atoms with van der Waals surface area (Å²) in [6.45, 7) is 0. The highest BCUT2D eigenvalue weighted by atomic mass is 32.1. The van der Waals surface area contributed by atoms with Gasteiger partial charge in [0.1, 0.15) is 0 Å². The molecule has 0 aliphatic heterocycles. The fraction of sp³-hybridized carbons (Fsp3) is 0.667. The molecule has 0 N–H and O–H groups in total. The first-order chi connectivity index (χ1) is 2.41. The Morgan fingerprint density at radius 3 is 2.40 bits per heavy atom. The molecule has 0 spiro atoms. The number of rotatable bonds is 2. The molecule has 0 amide bonds. The van der Waals surface area contributed by atoms with Crippen LogP contribution >= 0.6 is 12.6 Å². The zero-order valence-electron chi connectivity index (χ0n) is 2.73. The predicted octanol–water partition coefficient (Wildman–Crippen LogP) is 0.684. The largest absolute Gasteiger partial charge is 0.291 e. The lowest BCUT2D eigenvalue weighted by Gasteiger charge is -1.64. The smallest absolute Gasteiger partial charge is 0.199 e. The van der Waals surface area contributed by atoms with E-state index >= 15 is 0 Å². The molecule has 0 saturated heterocycles. The lowest BCUT2D eigenvalue weighted by molar-refractivity contribution is 0.554. The molecule has 0 aromatic rings. The summed E-state index contributed by atoms with van der Waals surface area (Å²) in [7, 11) is 0. The summed E-state index contributed by atoms with van der Waals surface area (Å²) in [4.78, 5) is 9.21. The number of hydrogen-bond donors (Lipinski definition) is 0. The molecule has 0 aromatic heterocycles. The molecule has 0 aliphatic carbocycles. The zero-order valence-corrected chi connectivity index (χ0v) is 3.55.